The van der Waals surface area contributed by atoms with Crippen molar-refractivity contribution in [3.8, 4) is 0 Å². The molecule has 13 heavy (non-hydrogen) atoms. The summed E-state index contributed by atoms with van der Waals surface area (Å²) in [7, 11) is 1.89. The number of rotatable bonds is 6. The van der Waals surface area contributed by atoms with Gasteiger partial charge in [0.2, 0.25) is 5.91 Å². The van der Waals surface area contributed by atoms with Crippen LogP contribution in [-0.2, 0) is 4.79 Å². The average Bonchev–Trinajstić information content (AvgIpc) is 2.13. The van der Waals surface area contributed by atoms with E-state index in [0.717, 1.165) is 6.42 Å². The van der Waals surface area contributed by atoms with Gasteiger partial charge in [0.25, 0.3) is 0 Å². The Balaban J connectivity index is 3.51. The molecule has 3 nitrogen and oxygen atoms in total. The maximum atomic E-state index is 11.3. The Bertz CT molecular complexity index is 148. The fourth-order valence-corrected chi connectivity index (χ4v) is 0.902. The molecule has 2 atom stereocenters. The molecule has 2 unspecified atom stereocenters. The summed E-state index contributed by atoms with van der Waals surface area (Å²) in [4.78, 5) is 11.3. The molecule has 0 radical (unpaired) electrons. The minimum absolute atomic E-state index is 0.163. The van der Waals surface area contributed by atoms with Crippen molar-refractivity contribution in [3.63, 3.8) is 0 Å². The zero-order valence-corrected chi connectivity index (χ0v) is 9.18. The largest absolute Gasteiger partial charge is 0.355 e. The molecule has 0 aliphatic rings. The molecule has 2 N–H and O–H groups in total. The fraction of sp³-hybridized carbons (Fsp3) is 0.900. The Labute approximate surface area is 81.3 Å². The van der Waals surface area contributed by atoms with Crippen LogP contribution in [0.15, 0.2) is 0 Å². The van der Waals surface area contributed by atoms with Crippen LogP contribution >= 0.6 is 0 Å². The highest BCUT2D eigenvalue weighted by Gasteiger charge is 2.07. The molecule has 0 saturated heterocycles. The van der Waals surface area contributed by atoms with Crippen LogP contribution in [0.5, 0.6) is 0 Å². The van der Waals surface area contributed by atoms with Gasteiger partial charge in [-0.15, -0.1) is 0 Å². The molecule has 0 aromatic rings. The van der Waals surface area contributed by atoms with Gasteiger partial charge in [0, 0.05) is 19.0 Å². The summed E-state index contributed by atoms with van der Waals surface area (Å²) in [6, 6.07) is 0.348. The highest BCUT2D eigenvalue weighted by atomic mass is 16.1. The van der Waals surface area contributed by atoms with Crippen LogP contribution in [0.3, 0.4) is 0 Å². The normalized spacial score (nSPS) is 15.1. The van der Waals surface area contributed by atoms with Crippen LogP contribution in [0.25, 0.3) is 0 Å². The molecule has 0 spiro atoms. The lowest BCUT2D eigenvalue weighted by Gasteiger charge is -2.13. The van der Waals surface area contributed by atoms with Crippen molar-refractivity contribution in [1.29, 1.82) is 0 Å². The summed E-state index contributed by atoms with van der Waals surface area (Å²) in [6.07, 6.45) is 1.71. The first kappa shape index (κ1) is 12.4. The van der Waals surface area contributed by atoms with E-state index in [0.29, 0.717) is 24.9 Å². The van der Waals surface area contributed by atoms with Gasteiger partial charge in [0.15, 0.2) is 0 Å². The predicted octanol–water partition coefficient (Wildman–Crippen LogP) is 1.15. The Morgan fingerprint density at radius 2 is 2.00 bits per heavy atom. The van der Waals surface area contributed by atoms with E-state index in [9.17, 15) is 4.79 Å². The molecule has 0 heterocycles. The fourth-order valence-electron chi connectivity index (χ4n) is 0.902. The summed E-state index contributed by atoms with van der Waals surface area (Å²) >= 11 is 0. The second-order valence-electron chi connectivity index (χ2n) is 3.71. The van der Waals surface area contributed by atoms with Crippen molar-refractivity contribution in [2.24, 2.45) is 5.92 Å². The van der Waals surface area contributed by atoms with E-state index in [1.807, 2.05) is 14.0 Å². The van der Waals surface area contributed by atoms with Gasteiger partial charge in [0.05, 0.1) is 0 Å². The van der Waals surface area contributed by atoms with Crippen LogP contribution in [0, 0.1) is 5.92 Å². The standard InChI is InChI=1S/C10H22N2O/c1-5-8(2)6-10(13)12-7-9(3)11-4/h8-9,11H,5-7H2,1-4H3,(H,12,13). The minimum Gasteiger partial charge on any atom is -0.355 e. The molecule has 0 aromatic carbocycles. The molecule has 0 rings (SSSR count). The van der Waals surface area contributed by atoms with Gasteiger partial charge in [-0.05, 0) is 19.9 Å². The summed E-state index contributed by atoms with van der Waals surface area (Å²) in [5.41, 5.74) is 0. The smallest absolute Gasteiger partial charge is 0.220 e. The number of hydrogen-bond acceptors (Lipinski definition) is 2. The molecule has 1 amide bonds. The molecule has 0 aliphatic carbocycles. The molecule has 78 valence electrons. The lowest BCUT2D eigenvalue weighted by Crippen LogP contribution is -2.37. The summed E-state index contributed by atoms with van der Waals surface area (Å²) in [6.45, 7) is 6.96. The first-order valence-corrected chi connectivity index (χ1v) is 5.04. The van der Waals surface area contributed by atoms with Gasteiger partial charge in [0.1, 0.15) is 0 Å². The predicted molar refractivity (Wildman–Crippen MR) is 55.6 cm³/mol. The van der Waals surface area contributed by atoms with E-state index in [1.54, 1.807) is 0 Å². The maximum absolute atomic E-state index is 11.3. The number of carbonyl (C=O) groups excluding carboxylic acids is 1. The van der Waals surface area contributed by atoms with Crippen LogP contribution in [-0.4, -0.2) is 25.5 Å². The summed E-state index contributed by atoms with van der Waals surface area (Å²) in [5, 5.41) is 5.97. The van der Waals surface area contributed by atoms with Gasteiger partial charge in [-0.1, -0.05) is 20.3 Å². The third-order valence-corrected chi connectivity index (χ3v) is 2.33. The number of likely N-dealkylation sites (N-methyl/N-ethyl adjacent to an activating group) is 1. The van der Waals surface area contributed by atoms with Crippen molar-refractivity contribution in [2.75, 3.05) is 13.6 Å². The molecular weight excluding hydrogens is 164 g/mol. The molecule has 0 saturated carbocycles. The zero-order valence-electron chi connectivity index (χ0n) is 9.18. The third kappa shape index (κ3) is 6.58. The van der Waals surface area contributed by atoms with Crippen LogP contribution in [0.1, 0.15) is 33.6 Å². The van der Waals surface area contributed by atoms with Gasteiger partial charge >= 0.3 is 0 Å². The average molecular weight is 186 g/mol. The summed E-state index contributed by atoms with van der Waals surface area (Å²) in [5.74, 6) is 0.654. The van der Waals surface area contributed by atoms with Crippen molar-refractivity contribution >= 4 is 5.91 Å². The van der Waals surface area contributed by atoms with E-state index in [4.69, 9.17) is 0 Å². The van der Waals surface area contributed by atoms with E-state index in [2.05, 4.69) is 24.5 Å². The number of nitrogens with one attached hydrogen (secondary N) is 2. The Morgan fingerprint density at radius 1 is 1.38 bits per heavy atom. The third-order valence-electron chi connectivity index (χ3n) is 2.33. The van der Waals surface area contributed by atoms with E-state index in [1.165, 1.54) is 0 Å². The van der Waals surface area contributed by atoms with E-state index >= 15 is 0 Å². The van der Waals surface area contributed by atoms with Crippen LogP contribution in [0.2, 0.25) is 0 Å². The molecular formula is C10H22N2O. The highest BCUT2D eigenvalue weighted by Crippen LogP contribution is 2.05. The zero-order chi connectivity index (χ0) is 10.3. The molecule has 0 bridgehead atoms. The topological polar surface area (TPSA) is 41.1 Å². The summed E-state index contributed by atoms with van der Waals surface area (Å²) < 4.78 is 0. The number of hydrogen-bond donors (Lipinski definition) is 2. The van der Waals surface area contributed by atoms with Crippen LogP contribution < -0.4 is 10.6 Å². The molecule has 0 fully saturated rings. The monoisotopic (exact) mass is 186 g/mol. The quantitative estimate of drug-likeness (QED) is 0.653. The Kier molecular flexibility index (Phi) is 6.59. The first-order chi connectivity index (χ1) is 6.10. The lowest BCUT2D eigenvalue weighted by atomic mass is 10.1. The van der Waals surface area contributed by atoms with E-state index in [-0.39, 0.29) is 5.91 Å². The Morgan fingerprint density at radius 3 is 2.46 bits per heavy atom. The van der Waals surface area contributed by atoms with Crippen LogP contribution in [0.4, 0.5) is 0 Å². The Hall–Kier alpha value is -0.570. The van der Waals surface area contributed by atoms with Gasteiger partial charge in [-0.3, -0.25) is 4.79 Å². The van der Waals surface area contributed by atoms with Gasteiger partial charge in [-0.25, -0.2) is 0 Å². The molecule has 3 heteroatoms. The minimum atomic E-state index is 0.163. The highest BCUT2D eigenvalue weighted by molar-refractivity contribution is 5.76. The van der Waals surface area contributed by atoms with Crippen molar-refractivity contribution in [1.82, 2.24) is 10.6 Å². The maximum Gasteiger partial charge on any atom is 0.220 e. The first-order valence-electron chi connectivity index (χ1n) is 5.04. The van der Waals surface area contributed by atoms with Crippen molar-refractivity contribution < 1.29 is 4.79 Å². The van der Waals surface area contributed by atoms with Crippen molar-refractivity contribution in [3.05, 3.63) is 0 Å². The van der Waals surface area contributed by atoms with E-state index < -0.39 is 0 Å². The lowest BCUT2D eigenvalue weighted by molar-refractivity contribution is -0.122. The SMILES string of the molecule is CCC(C)CC(=O)NCC(C)NC. The molecule has 0 aromatic heterocycles. The van der Waals surface area contributed by atoms with Gasteiger partial charge < -0.3 is 10.6 Å². The van der Waals surface area contributed by atoms with Crippen molar-refractivity contribution in [2.45, 2.75) is 39.7 Å². The number of carbonyl (C=O) groups is 1. The van der Waals surface area contributed by atoms with Gasteiger partial charge in [-0.2, -0.15) is 0 Å². The second-order valence-corrected chi connectivity index (χ2v) is 3.71. The number of amides is 1. The molecule has 0 aliphatic heterocycles. The second kappa shape index (κ2) is 6.89.